The van der Waals surface area contributed by atoms with E-state index in [4.69, 9.17) is 9.47 Å². The van der Waals surface area contributed by atoms with Crippen LogP contribution in [-0.2, 0) is 14.3 Å². The van der Waals surface area contributed by atoms with Crippen LogP contribution in [0.15, 0.2) is 35.5 Å². The van der Waals surface area contributed by atoms with Crippen molar-refractivity contribution in [3.63, 3.8) is 0 Å². The lowest BCUT2D eigenvalue weighted by Crippen LogP contribution is -2.46. The van der Waals surface area contributed by atoms with Crippen molar-refractivity contribution in [1.82, 2.24) is 10.2 Å². The first-order chi connectivity index (χ1) is 12.4. The number of nitrogens with one attached hydrogen (secondary N) is 1. The van der Waals surface area contributed by atoms with E-state index in [-0.39, 0.29) is 30.1 Å². The van der Waals surface area contributed by atoms with Gasteiger partial charge in [-0.05, 0) is 13.0 Å². The minimum absolute atomic E-state index is 0.0195. The van der Waals surface area contributed by atoms with Crippen LogP contribution in [0.25, 0.3) is 0 Å². The SMILES string of the molecule is COCCOC(=O)C1=C(C)N(C)C(=O)N[C@H]1c1ccccc1OC(F)F. The van der Waals surface area contributed by atoms with Crippen molar-refractivity contribution >= 4 is 12.0 Å². The van der Waals surface area contributed by atoms with Gasteiger partial charge in [-0.2, -0.15) is 8.78 Å². The van der Waals surface area contributed by atoms with E-state index >= 15 is 0 Å². The summed E-state index contributed by atoms with van der Waals surface area (Å²) < 4.78 is 39.9. The van der Waals surface area contributed by atoms with Crippen LogP contribution in [-0.4, -0.2) is 50.9 Å². The Kier molecular flexibility index (Phi) is 6.51. The third-order valence-electron chi connectivity index (χ3n) is 3.94. The van der Waals surface area contributed by atoms with Crippen molar-refractivity contribution in [3.05, 3.63) is 41.1 Å². The predicted octanol–water partition coefficient (Wildman–Crippen LogP) is 2.45. The highest BCUT2D eigenvalue weighted by Gasteiger charge is 2.36. The van der Waals surface area contributed by atoms with Gasteiger partial charge in [0.1, 0.15) is 12.4 Å². The van der Waals surface area contributed by atoms with Gasteiger partial charge in [0.05, 0.1) is 18.2 Å². The first-order valence-corrected chi connectivity index (χ1v) is 7.81. The first kappa shape index (κ1) is 19.6. The number of hydrogen-bond donors (Lipinski definition) is 1. The molecule has 142 valence electrons. The summed E-state index contributed by atoms with van der Waals surface area (Å²) in [6.07, 6.45) is 0. The molecule has 9 heteroatoms. The molecule has 0 saturated carbocycles. The van der Waals surface area contributed by atoms with Gasteiger partial charge in [-0.3, -0.25) is 0 Å². The Morgan fingerprint density at radius 2 is 2.00 bits per heavy atom. The number of allylic oxidation sites excluding steroid dienone is 1. The molecule has 7 nitrogen and oxygen atoms in total. The molecule has 0 spiro atoms. The second-order valence-electron chi connectivity index (χ2n) is 5.49. The molecule has 0 bridgehead atoms. The summed E-state index contributed by atoms with van der Waals surface area (Å²) in [5.41, 5.74) is 0.717. The summed E-state index contributed by atoms with van der Waals surface area (Å²) in [6, 6.07) is 4.50. The van der Waals surface area contributed by atoms with Gasteiger partial charge in [0.15, 0.2) is 0 Å². The van der Waals surface area contributed by atoms with E-state index in [1.807, 2.05) is 0 Å². The Hall–Kier alpha value is -2.68. The van der Waals surface area contributed by atoms with Crippen molar-refractivity contribution in [3.8, 4) is 5.75 Å². The largest absolute Gasteiger partial charge is 0.460 e. The third kappa shape index (κ3) is 4.29. The highest BCUT2D eigenvalue weighted by molar-refractivity contribution is 5.95. The molecular weight excluding hydrogens is 350 g/mol. The fourth-order valence-electron chi connectivity index (χ4n) is 2.55. The van der Waals surface area contributed by atoms with Gasteiger partial charge in [-0.1, -0.05) is 18.2 Å². The van der Waals surface area contributed by atoms with E-state index in [2.05, 4.69) is 10.1 Å². The van der Waals surface area contributed by atoms with Gasteiger partial charge in [0.25, 0.3) is 0 Å². The van der Waals surface area contributed by atoms with Crippen LogP contribution in [0.3, 0.4) is 0 Å². The number of halogens is 2. The molecule has 0 aromatic heterocycles. The van der Waals surface area contributed by atoms with Crippen molar-refractivity contribution in [1.29, 1.82) is 0 Å². The monoisotopic (exact) mass is 370 g/mol. The molecule has 1 N–H and O–H groups in total. The molecule has 26 heavy (non-hydrogen) atoms. The lowest BCUT2D eigenvalue weighted by Gasteiger charge is -2.33. The second-order valence-corrected chi connectivity index (χ2v) is 5.49. The Morgan fingerprint density at radius 1 is 1.31 bits per heavy atom. The number of methoxy groups -OCH3 is 1. The number of urea groups is 1. The van der Waals surface area contributed by atoms with Gasteiger partial charge < -0.3 is 24.4 Å². The zero-order valence-corrected chi connectivity index (χ0v) is 14.6. The lowest BCUT2D eigenvalue weighted by molar-refractivity contribution is -0.140. The van der Waals surface area contributed by atoms with Crippen molar-refractivity contribution in [2.45, 2.75) is 19.6 Å². The van der Waals surface area contributed by atoms with Crippen LogP contribution in [0.5, 0.6) is 5.75 Å². The fraction of sp³-hybridized carbons (Fsp3) is 0.412. The molecule has 1 aliphatic rings. The number of alkyl halides is 2. The minimum atomic E-state index is -3.04. The summed E-state index contributed by atoms with van der Waals surface area (Å²) in [4.78, 5) is 26.0. The average Bonchev–Trinajstić information content (AvgIpc) is 2.59. The highest BCUT2D eigenvalue weighted by atomic mass is 19.3. The van der Waals surface area contributed by atoms with Crippen LogP contribution in [0.2, 0.25) is 0 Å². The number of benzene rings is 1. The van der Waals surface area contributed by atoms with Crippen LogP contribution >= 0.6 is 0 Å². The maximum absolute atomic E-state index is 12.7. The molecule has 2 amide bonds. The Labute approximate surface area is 149 Å². The standard InChI is InChI=1S/C17H20F2N2O5/c1-10-13(15(22)25-9-8-24-3)14(20-17(23)21(10)2)11-6-4-5-7-12(11)26-16(18)19/h4-7,14,16H,8-9H2,1-3H3,(H,20,23)/t14-/m0/s1. The molecule has 1 aliphatic heterocycles. The quantitative estimate of drug-likeness (QED) is 0.589. The Balaban J connectivity index is 2.44. The number of carbonyl (C=O) groups excluding carboxylic acids is 2. The number of ether oxygens (including phenoxy) is 3. The maximum atomic E-state index is 12.7. The molecule has 1 aromatic carbocycles. The minimum Gasteiger partial charge on any atom is -0.460 e. The van der Waals surface area contributed by atoms with Gasteiger partial charge >= 0.3 is 18.6 Å². The molecule has 0 unspecified atom stereocenters. The Morgan fingerprint density at radius 3 is 2.65 bits per heavy atom. The summed E-state index contributed by atoms with van der Waals surface area (Å²) in [7, 11) is 2.96. The molecule has 1 heterocycles. The molecule has 0 saturated heterocycles. The van der Waals surface area contributed by atoms with Gasteiger partial charge in [-0.15, -0.1) is 0 Å². The number of carbonyl (C=O) groups is 2. The van der Waals surface area contributed by atoms with Crippen LogP contribution in [0.4, 0.5) is 13.6 Å². The highest BCUT2D eigenvalue weighted by Crippen LogP contribution is 2.35. The van der Waals surface area contributed by atoms with E-state index in [1.165, 1.54) is 37.3 Å². The number of amides is 2. The molecule has 0 aliphatic carbocycles. The van der Waals surface area contributed by atoms with E-state index in [9.17, 15) is 18.4 Å². The van der Waals surface area contributed by atoms with E-state index < -0.39 is 24.7 Å². The molecule has 0 fully saturated rings. The summed E-state index contributed by atoms with van der Waals surface area (Å²) in [5.74, 6) is -0.810. The number of hydrogen-bond acceptors (Lipinski definition) is 5. The number of para-hydroxylation sites is 1. The van der Waals surface area contributed by atoms with E-state index in [1.54, 1.807) is 13.0 Å². The third-order valence-corrected chi connectivity index (χ3v) is 3.94. The summed E-state index contributed by atoms with van der Waals surface area (Å²) in [5, 5.41) is 2.62. The Bertz CT molecular complexity index is 708. The molecular formula is C17H20F2N2O5. The van der Waals surface area contributed by atoms with Crippen molar-refractivity contribution in [2.24, 2.45) is 0 Å². The molecule has 0 radical (unpaired) electrons. The molecule has 2 rings (SSSR count). The normalized spacial score (nSPS) is 17.4. The topological polar surface area (TPSA) is 77.1 Å². The first-order valence-electron chi connectivity index (χ1n) is 7.81. The van der Waals surface area contributed by atoms with Gasteiger partial charge in [-0.25, -0.2) is 9.59 Å². The van der Waals surface area contributed by atoms with Crippen molar-refractivity contribution in [2.75, 3.05) is 27.4 Å². The van der Waals surface area contributed by atoms with Crippen LogP contribution < -0.4 is 10.1 Å². The maximum Gasteiger partial charge on any atom is 0.387 e. The zero-order valence-electron chi connectivity index (χ0n) is 14.6. The number of rotatable bonds is 7. The zero-order chi connectivity index (χ0) is 19.3. The van der Waals surface area contributed by atoms with Crippen LogP contribution in [0, 0.1) is 0 Å². The van der Waals surface area contributed by atoms with E-state index in [0.29, 0.717) is 5.70 Å². The smallest absolute Gasteiger partial charge is 0.387 e. The van der Waals surface area contributed by atoms with Gasteiger partial charge in [0.2, 0.25) is 0 Å². The predicted molar refractivity (Wildman–Crippen MR) is 87.6 cm³/mol. The second kappa shape index (κ2) is 8.61. The number of nitrogens with zero attached hydrogens (tertiary/aromatic N) is 1. The van der Waals surface area contributed by atoms with Crippen molar-refractivity contribution < 1.29 is 32.6 Å². The van der Waals surface area contributed by atoms with Crippen LogP contribution in [0.1, 0.15) is 18.5 Å². The fourth-order valence-corrected chi connectivity index (χ4v) is 2.55. The summed E-state index contributed by atoms with van der Waals surface area (Å²) >= 11 is 0. The molecule has 1 atom stereocenters. The van der Waals surface area contributed by atoms with Gasteiger partial charge in [0, 0.05) is 25.4 Å². The average molecular weight is 370 g/mol. The summed E-state index contributed by atoms with van der Waals surface area (Å²) in [6.45, 7) is -1.24. The van der Waals surface area contributed by atoms with E-state index in [0.717, 1.165) is 0 Å². The molecule has 1 aromatic rings. The lowest BCUT2D eigenvalue weighted by atomic mass is 9.94. The number of esters is 1.